The van der Waals surface area contributed by atoms with Gasteiger partial charge in [0.2, 0.25) is 11.8 Å². The molecule has 1 amide bonds. The lowest BCUT2D eigenvalue weighted by Gasteiger charge is -2.11. The number of carbonyl (C=O) groups excluding carboxylic acids is 1. The number of rotatable bonds is 4. The first-order valence-corrected chi connectivity index (χ1v) is 8.52. The molecule has 1 unspecified atom stereocenters. The van der Waals surface area contributed by atoms with E-state index in [1.165, 1.54) is 0 Å². The number of aromatic nitrogens is 2. The van der Waals surface area contributed by atoms with Crippen molar-refractivity contribution in [2.45, 2.75) is 24.0 Å². The lowest BCUT2D eigenvalue weighted by Crippen LogP contribution is -2.17. The van der Waals surface area contributed by atoms with Crippen LogP contribution in [0.2, 0.25) is 0 Å². The van der Waals surface area contributed by atoms with Gasteiger partial charge in [0.25, 0.3) is 5.91 Å². The molecule has 1 N–H and O–H groups in total. The number of carbonyl (C=O) groups is 1. The quantitative estimate of drug-likeness (QED) is 0.918. The van der Waals surface area contributed by atoms with Crippen molar-refractivity contribution in [3.05, 3.63) is 35.2 Å². The highest BCUT2D eigenvalue weighted by Crippen LogP contribution is 2.34. The third-order valence-corrected chi connectivity index (χ3v) is 4.72. The van der Waals surface area contributed by atoms with Crippen LogP contribution < -0.4 is 10.1 Å². The minimum atomic E-state index is -0.268. The van der Waals surface area contributed by atoms with E-state index in [2.05, 4.69) is 15.5 Å². The van der Waals surface area contributed by atoms with E-state index in [1.54, 1.807) is 30.1 Å². The van der Waals surface area contributed by atoms with Gasteiger partial charge >= 0.3 is 0 Å². The second-order valence-corrected chi connectivity index (χ2v) is 6.36. The summed E-state index contributed by atoms with van der Waals surface area (Å²) in [5, 5.41) is 6.74. The Morgan fingerprint density at radius 3 is 3.26 bits per heavy atom. The predicted molar refractivity (Wildman–Crippen MR) is 83.5 cm³/mol. The van der Waals surface area contributed by atoms with Gasteiger partial charge in [0.05, 0.1) is 24.5 Å². The Labute approximate surface area is 136 Å². The SMILES string of the molecule is O=C(Nc1onc2c1CSC2)c1ccnc(OC2CCOC2)c1. The average molecular weight is 333 g/mol. The number of fused-ring (bicyclic) bond motifs is 1. The van der Waals surface area contributed by atoms with E-state index in [1.807, 2.05) is 0 Å². The number of nitrogens with one attached hydrogen (secondary N) is 1. The molecule has 1 atom stereocenters. The van der Waals surface area contributed by atoms with E-state index in [9.17, 15) is 4.79 Å². The topological polar surface area (TPSA) is 86.5 Å². The molecule has 2 aliphatic rings. The average Bonchev–Trinajstić information content (AvgIpc) is 3.27. The first-order chi connectivity index (χ1) is 11.3. The van der Waals surface area contributed by atoms with Crippen molar-refractivity contribution in [3.63, 3.8) is 0 Å². The van der Waals surface area contributed by atoms with Gasteiger partial charge in [-0.05, 0) is 6.07 Å². The van der Waals surface area contributed by atoms with Crippen LogP contribution in [0.1, 0.15) is 28.0 Å². The highest BCUT2D eigenvalue weighted by molar-refractivity contribution is 7.98. The van der Waals surface area contributed by atoms with Gasteiger partial charge in [-0.3, -0.25) is 10.1 Å². The predicted octanol–water partition coefficient (Wildman–Crippen LogP) is 2.24. The van der Waals surface area contributed by atoms with Gasteiger partial charge in [0, 0.05) is 35.8 Å². The fourth-order valence-electron chi connectivity index (χ4n) is 2.52. The van der Waals surface area contributed by atoms with Crippen LogP contribution in [-0.2, 0) is 16.2 Å². The first-order valence-electron chi connectivity index (χ1n) is 7.36. The van der Waals surface area contributed by atoms with E-state index in [0.717, 1.165) is 29.2 Å². The van der Waals surface area contributed by atoms with Crippen LogP contribution in [-0.4, -0.2) is 35.4 Å². The fraction of sp³-hybridized carbons (Fsp3) is 0.400. The summed E-state index contributed by atoms with van der Waals surface area (Å²) in [7, 11) is 0. The molecule has 1 saturated heterocycles. The minimum absolute atomic E-state index is 0.00428. The number of anilines is 1. The zero-order valence-corrected chi connectivity index (χ0v) is 13.1. The summed E-state index contributed by atoms with van der Waals surface area (Å²) in [6, 6.07) is 3.26. The van der Waals surface area contributed by atoms with Crippen molar-refractivity contribution >= 4 is 23.6 Å². The van der Waals surface area contributed by atoms with Crippen LogP contribution in [0.3, 0.4) is 0 Å². The molecule has 4 heterocycles. The highest BCUT2D eigenvalue weighted by Gasteiger charge is 2.23. The molecule has 120 valence electrons. The Kier molecular flexibility index (Phi) is 3.92. The second-order valence-electron chi connectivity index (χ2n) is 5.37. The zero-order valence-electron chi connectivity index (χ0n) is 12.3. The van der Waals surface area contributed by atoms with E-state index >= 15 is 0 Å². The second kappa shape index (κ2) is 6.21. The van der Waals surface area contributed by atoms with Gasteiger partial charge in [-0.25, -0.2) is 4.98 Å². The van der Waals surface area contributed by atoms with E-state index in [-0.39, 0.29) is 12.0 Å². The van der Waals surface area contributed by atoms with Gasteiger partial charge in [0.15, 0.2) is 0 Å². The highest BCUT2D eigenvalue weighted by atomic mass is 32.2. The van der Waals surface area contributed by atoms with Gasteiger partial charge in [-0.2, -0.15) is 11.8 Å². The molecule has 23 heavy (non-hydrogen) atoms. The molecule has 1 fully saturated rings. The summed E-state index contributed by atoms with van der Waals surface area (Å²) in [6.07, 6.45) is 2.39. The molecule has 2 aromatic heterocycles. The Morgan fingerprint density at radius 2 is 2.39 bits per heavy atom. The van der Waals surface area contributed by atoms with Crippen molar-refractivity contribution in [3.8, 4) is 5.88 Å². The van der Waals surface area contributed by atoms with Crippen LogP contribution in [0.4, 0.5) is 5.88 Å². The van der Waals surface area contributed by atoms with Crippen LogP contribution in [0.5, 0.6) is 5.88 Å². The molecule has 0 bridgehead atoms. The summed E-state index contributed by atoms with van der Waals surface area (Å²) in [6.45, 7) is 1.25. The zero-order chi connectivity index (χ0) is 15.6. The summed E-state index contributed by atoms with van der Waals surface area (Å²) in [5.41, 5.74) is 2.34. The molecule has 0 aliphatic carbocycles. The lowest BCUT2D eigenvalue weighted by atomic mass is 10.2. The monoisotopic (exact) mass is 333 g/mol. The van der Waals surface area contributed by atoms with E-state index in [4.69, 9.17) is 14.0 Å². The maximum absolute atomic E-state index is 12.4. The van der Waals surface area contributed by atoms with Gasteiger partial charge < -0.3 is 14.0 Å². The number of thioether (sulfide) groups is 1. The van der Waals surface area contributed by atoms with Gasteiger partial charge in [-0.15, -0.1) is 0 Å². The van der Waals surface area contributed by atoms with Crippen LogP contribution in [0, 0.1) is 0 Å². The van der Waals surface area contributed by atoms with Crippen LogP contribution >= 0.6 is 11.8 Å². The van der Waals surface area contributed by atoms with Crippen LogP contribution in [0.15, 0.2) is 22.9 Å². The number of pyridine rings is 1. The number of nitrogens with zero attached hydrogens (tertiary/aromatic N) is 2. The summed E-state index contributed by atoms with van der Waals surface area (Å²) in [5.74, 6) is 2.22. The maximum atomic E-state index is 12.4. The molecule has 0 spiro atoms. The maximum Gasteiger partial charge on any atom is 0.258 e. The third-order valence-electron chi connectivity index (χ3n) is 3.75. The first kappa shape index (κ1) is 14.5. The Bertz CT molecular complexity index is 727. The van der Waals surface area contributed by atoms with Crippen LogP contribution in [0.25, 0.3) is 0 Å². The van der Waals surface area contributed by atoms with E-state index in [0.29, 0.717) is 30.5 Å². The van der Waals surface area contributed by atoms with Crippen molar-refractivity contribution in [1.29, 1.82) is 0 Å². The molecular weight excluding hydrogens is 318 g/mol. The Balaban J connectivity index is 1.47. The molecular formula is C15H15N3O4S. The van der Waals surface area contributed by atoms with Gasteiger partial charge in [0.1, 0.15) is 6.10 Å². The number of hydrogen-bond acceptors (Lipinski definition) is 7. The summed E-state index contributed by atoms with van der Waals surface area (Å²) >= 11 is 1.75. The molecule has 7 nitrogen and oxygen atoms in total. The van der Waals surface area contributed by atoms with Crippen molar-refractivity contribution in [1.82, 2.24) is 10.1 Å². The molecule has 0 radical (unpaired) electrons. The molecule has 0 aromatic carbocycles. The molecule has 4 rings (SSSR count). The fourth-order valence-corrected chi connectivity index (χ4v) is 3.54. The van der Waals surface area contributed by atoms with Gasteiger partial charge in [-0.1, -0.05) is 5.16 Å². The Morgan fingerprint density at radius 1 is 1.43 bits per heavy atom. The molecule has 8 heteroatoms. The van der Waals surface area contributed by atoms with Crippen molar-refractivity contribution in [2.24, 2.45) is 0 Å². The summed E-state index contributed by atoms with van der Waals surface area (Å²) in [4.78, 5) is 16.5. The normalized spacial score (nSPS) is 19.6. The standard InChI is InChI=1S/C15H15N3O4S/c19-14(17-15-11-7-23-8-12(11)18-22-15)9-1-3-16-13(5-9)21-10-2-4-20-6-10/h1,3,5,10H,2,4,6-8H2,(H,17,19). The Hall–Kier alpha value is -2.06. The largest absolute Gasteiger partial charge is 0.472 e. The number of amides is 1. The minimum Gasteiger partial charge on any atom is -0.472 e. The smallest absolute Gasteiger partial charge is 0.258 e. The van der Waals surface area contributed by atoms with Crippen molar-refractivity contribution in [2.75, 3.05) is 18.5 Å². The third kappa shape index (κ3) is 3.04. The summed E-state index contributed by atoms with van der Waals surface area (Å²) < 4.78 is 16.2. The molecule has 2 aromatic rings. The number of hydrogen-bond donors (Lipinski definition) is 1. The van der Waals surface area contributed by atoms with Crippen molar-refractivity contribution < 1.29 is 18.8 Å². The number of ether oxygens (including phenoxy) is 2. The lowest BCUT2D eigenvalue weighted by molar-refractivity contribution is 0.102. The van der Waals surface area contributed by atoms with E-state index < -0.39 is 0 Å². The molecule has 2 aliphatic heterocycles. The molecule has 0 saturated carbocycles.